The third-order valence-corrected chi connectivity index (χ3v) is 6.56. The summed E-state index contributed by atoms with van der Waals surface area (Å²) in [7, 11) is 0. The Morgan fingerprint density at radius 1 is 1.06 bits per heavy atom. The van der Waals surface area contributed by atoms with Crippen molar-refractivity contribution in [1.29, 1.82) is 0 Å². The molecule has 1 saturated heterocycles. The van der Waals surface area contributed by atoms with Crippen LogP contribution in [0, 0.1) is 6.92 Å². The van der Waals surface area contributed by atoms with E-state index in [1.54, 1.807) is 36.4 Å². The zero-order valence-electron chi connectivity index (χ0n) is 17.4. The number of aromatic hydroxyl groups is 1. The third kappa shape index (κ3) is 3.48. The molecule has 7 nitrogen and oxygen atoms in total. The molecule has 0 aliphatic carbocycles. The predicted molar refractivity (Wildman–Crippen MR) is 128 cm³/mol. The number of carbonyl (C=O) groups excluding carboxylic acids is 2. The van der Waals surface area contributed by atoms with Gasteiger partial charge in [0.05, 0.1) is 22.6 Å². The number of aliphatic hydroxyl groups excluding tert-OH is 1. The summed E-state index contributed by atoms with van der Waals surface area (Å²) in [6, 6.07) is 17.7. The lowest BCUT2D eigenvalue weighted by Gasteiger charge is -2.23. The molecule has 8 heteroatoms. The van der Waals surface area contributed by atoms with Gasteiger partial charge in [-0.15, -0.1) is 0 Å². The number of aromatic amines is 1. The lowest BCUT2D eigenvalue weighted by molar-refractivity contribution is -0.132. The number of phenolic OH excluding ortho intramolecular Hbond substituents is 1. The van der Waals surface area contributed by atoms with E-state index in [0.29, 0.717) is 22.2 Å². The summed E-state index contributed by atoms with van der Waals surface area (Å²) >= 11 is 3.43. The van der Waals surface area contributed by atoms with Crippen LogP contribution in [-0.2, 0) is 9.59 Å². The normalized spacial score (nSPS) is 17.8. The molecule has 3 aromatic carbocycles. The number of ketones is 1. The van der Waals surface area contributed by atoms with Crippen LogP contribution in [0.15, 0.2) is 76.8 Å². The minimum absolute atomic E-state index is 0.0258. The van der Waals surface area contributed by atoms with Gasteiger partial charge in [0.1, 0.15) is 11.5 Å². The Bertz CT molecular complexity index is 1440. The molecule has 1 atom stereocenters. The van der Waals surface area contributed by atoms with Crippen molar-refractivity contribution in [2.24, 2.45) is 0 Å². The van der Waals surface area contributed by atoms with Crippen LogP contribution in [0.1, 0.15) is 22.7 Å². The molecule has 1 aromatic heterocycles. The summed E-state index contributed by atoms with van der Waals surface area (Å²) in [4.78, 5) is 35.2. The van der Waals surface area contributed by atoms with Crippen LogP contribution < -0.4 is 4.90 Å². The molecule has 0 spiro atoms. The minimum atomic E-state index is -0.985. The number of anilines is 1. The van der Waals surface area contributed by atoms with Gasteiger partial charge >= 0.3 is 5.91 Å². The van der Waals surface area contributed by atoms with Gasteiger partial charge in [0.15, 0.2) is 0 Å². The number of imidazole rings is 1. The molecule has 0 radical (unpaired) electrons. The molecule has 2 heterocycles. The van der Waals surface area contributed by atoms with E-state index in [1.165, 1.54) is 17.0 Å². The van der Waals surface area contributed by atoms with E-state index in [9.17, 15) is 19.8 Å². The molecular formula is C25H18BrN3O4. The van der Waals surface area contributed by atoms with Gasteiger partial charge in [-0.3, -0.25) is 14.5 Å². The zero-order valence-corrected chi connectivity index (χ0v) is 19.0. The van der Waals surface area contributed by atoms with E-state index in [-0.39, 0.29) is 23.0 Å². The van der Waals surface area contributed by atoms with Gasteiger partial charge in [-0.25, -0.2) is 4.98 Å². The number of phenols is 1. The van der Waals surface area contributed by atoms with Crippen LogP contribution in [-0.4, -0.2) is 31.9 Å². The van der Waals surface area contributed by atoms with E-state index in [1.807, 2.05) is 25.1 Å². The zero-order chi connectivity index (χ0) is 23.3. The van der Waals surface area contributed by atoms with Gasteiger partial charge in [0.25, 0.3) is 5.78 Å². The van der Waals surface area contributed by atoms with Crippen LogP contribution in [0.3, 0.4) is 0 Å². The monoisotopic (exact) mass is 503 g/mol. The molecule has 4 aromatic rings. The van der Waals surface area contributed by atoms with Crippen molar-refractivity contribution in [1.82, 2.24) is 9.97 Å². The van der Waals surface area contributed by atoms with Gasteiger partial charge in [0.2, 0.25) is 5.95 Å². The Balaban J connectivity index is 1.75. The Morgan fingerprint density at radius 3 is 2.58 bits per heavy atom. The van der Waals surface area contributed by atoms with Crippen molar-refractivity contribution in [3.05, 3.63) is 93.5 Å². The second-order valence-electron chi connectivity index (χ2n) is 7.81. The highest BCUT2D eigenvalue weighted by Gasteiger charge is 2.48. The van der Waals surface area contributed by atoms with Crippen LogP contribution >= 0.6 is 15.9 Å². The Labute approximate surface area is 197 Å². The number of amides is 1. The van der Waals surface area contributed by atoms with Crippen molar-refractivity contribution in [2.75, 3.05) is 4.90 Å². The van der Waals surface area contributed by atoms with E-state index >= 15 is 0 Å². The number of rotatable bonds is 3. The first kappa shape index (κ1) is 21.0. The number of nitrogens with zero attached hydrogens (tertiary/aromatic N) is 2. The van der Waals surface area contributed by atoms with E-state index < -0.39 is 17.7 Å². The number of aryl methyl sites for hydroxylation is 1. The highest BCUT2D eigenvalue weighted by molar-refractivity contribution is 9.10. The number of halogens is 1. The molecule has 0 bridgehead atoms. The number of hydrogen-bond donors (Lipinski definition) is 3. The lowest BCUT2D eigenvalue weighted by Crippen LogP contribution is -2.30. The van der Waals surface area contributed by atoms with Gasteiger partial charge in [-0.05, 0) is 54.4 Å². The summed E-state index contributed by atoms with van der Waals surface area (Å²) < 4.78 is 0.853. The maximum absolute atomic E-state index is 13.2. The van der Waals surface area contributed by atoms with Crippen molar-refractivity contribution >= 4 is 50.4 Å². The quantitative estimate of drug-likeness (QED) is 0.208. The first-order valence-corrected chi connectivity index (χ1v) is 11.0. The fourth-order valence-electron chi connectivity index (χ4n) is 4.06. The highest BCUT2D eigenvalue weighted by Crippen LogP contribution is 2.42. The van der Waals surface area contributed by atoms with E-state index in [2.05, 4.69) is 25.9 Å². The van der Waals surface area contributed by atoms with Gasteiger partial charge in [0, 0.05) is 10.0 Å². The molecular weight excluding hydrogens is 486 g/mol. The molecule has 0 saturated carbocycles. The average molecular weight is 504 g/mol. The van der Waals surface area contributed by atoms with Gasteiger partial charge in [-0.2, -0.15) is 0 Å². The molecule has 1 fully saturated rings. The Morgan fingerprint density at radius 2 is 1.85 bits per heavy atom. The average Bonchev–Trinajstić information content (AvgIpc) is 3.34. The molecule has 164 valence electrons. The van der Waals surface area contributed by atoms with Gasteiger partial charge < -0.3 is 15.2 Å². The fourth-order valence-corrected chi connectivity index (χ4v) is 4.31. The molecule has 1 amide bonds. The number of fused-ring (bicyclic) bond motifs is 1. The molecule has 3 N–H and O–H groups in total. The van der Waals surface area contributed by atoms with E-state index in [0.717, 1.165) is 10.0 Å². The molecule has 33 heavy (non-hydrogen) atoms. The number of aliphatic hydroxyl groups is 1. The maximum Gasteiger partial charge on any atom is 0.302 e. The first-order valence-electron chi connectivity index (χ1n) is 10.2. The number of carbonyl (C=O) groups is 2. The first-order chi connectivity index (χ1) is 15.8. The molecule has 5 rings (SSSR count). The van der Waals surface area contributed by atoms with Crippen LogP contribution in [0.2, 0.25) is 0 Å². The van der Waals surface area contributed by atoms with Gasteiger partial charge in [-0.1, -0.05) is 46.3 Å². The number of benzene rings is 3. The maximum atomic E-state index is 13.2. The molecule has 1 aliphatic rings. The summed E-state index contributed by atoms with van der Waals surface area (Å²) in [6.07, 6.45) is 0. The van der Waals surface area contributed by atoms with Crippen molar-refractivity contribution < 1.29 is 19.8 Å². The van der Waals surface area contributed by atoms with Crippen molar-refractivity contribution in [3.63, 3.8) is 0 Å². The number of H-pyrrole nitrogens is 1. The number of Topliss-reactive ketones (excluding diaryl/α,β-unsaturated/α-hetero) is 1. The SMILES string of the molecule is Cc1cc(/C(O)=C2\C(=O)C(=O)N(c3nc4ccccc4[nH]3)C2c2cccc(O)c2)ccc1Br. The fraction of sp³-hybridized carbons (Fsp3) is 0.0800. The smallest absolute Gasteiger partial charge is 0.302 e. The van der Waals surface area contributed by atoms with Crippen molar-refractivity contribution in [3.8, 4) is 5.75 Å². The minimum Gasteiger partial charge on any atom is -0.508 e. The Hall–Kier alpha value is -3.91. The highest BCUT2D eigenvalue weighted by atomic mass is 79.9. The summed E-state index contributed by atoms with van der Waals surface area (Å²) in [5, 5.41) is 21.3. The van der Waals surface area contributed by atoms with Crippen molar-refractivity contribution in [2.45, 2.75) is 13.0 Å². The molecule has 1 aliphatic heterocycles. The summed E-state index contributed by atoms with van der Waals surface area (Å²) in [6.45, 7) is 1.86. The number of aromatic nitrogens is 2. The lowest BCUT2D eigenvalue weighted by atomic mass is 9.95. The topological polar surface area (TPSA) is 107 Å². The largest absolute Gasteiger partial charge is 0.508 e. The third-order valence-electron chi connectivity index (χ3n) is 5.67. The number of hydrogen-bond acceptors (Lipinski definition) is 5. The predicted octanol–water partition coefficient (Wildman–Crippen LogP) is 4.97. The second kappa shape index (κ2) is 7.90. The standard InChI is InChI=1S/C25H18BrN3O4/c1-13-11-15(9-10-17(13)26)22(31)20-21(14-5-4-6-16(30)12-14)29(24(33)23(20)32)25-27-18-7-2-3-8-19(18)28-25/h2-12,21,30-31H,1H3,(H,27,28)/b22-20+. The summed E-state index contributed by atoms with van der Waals surface area (Å²) in [5.41, 5.74) is 2.99. The number of nitrogens with one attached hydrogen (secondary N) is 1. The summed E-state index contributed by atoms with van der Waals surface area (Å²) in [5.74, 6) is -1.80. The second-order valence-corrected chi connectivity index (χ2v) is 8.66. The Kier molecular flexibility index (Phi) is 5.02. The number of para-hydroxylation sites is 2. The van der Waals surface area contributed by atoms with E-state index in [4.69, 9.17) is 0 Å². The molecule has 1 unspecified atom stereocenters. The van der Waals surface area contributed by atoms with Crippen LogP contribution in [0.5, 0.6) is 5.75 Å². The van der Waals surface area contributed by atoms with Crippen LogP contribution in [0.25, 0.3) is 16.8 Å². The van der Waals surface area contributed by atoms with Crippen LogP contribution in [0.4, 0.5) is 5.95 Å².